The first kappa shape index (κ1) is 12.9. The summed E-state index contributed by atoms with van der Waals surface area (Å²) < 4.78 is 0. The number of piperidine rings is 1. The van der Waals surface area contributed by atoms with Crippen molar-refractivity contribution in [2.75, 3.05) is 0 Å². The maximum absolute atomic E-state index is 12.4. The molecule has 0 aromatic heterocycles. The highest BCUT2D eigenvalue weighted by Crippen LogP contribution is 2.27. The Bertz CT molecular complexity index is 670. The zero-order valence-corrected chi connectivity index (χ0v) is 11.5. The smallest absolute Gasteiger partial charge is 0.262 e. The lowest BCUT2D eigenvalue weighted by molar-refractivity contribution is -0.136. The Morgan fingerprint density at radius 2 is 1.90 bits per heavy atom. The summed E-state index contributed by atoms with van der Waals surface area (Å²) in [5, 5.41) is 2.78. The lowest BCUT2D eigenvalue weighted by Gasteiger charge is -2.27. The van der Waals surface area contributed by atoms with Gasteiger partial charge in [0, 0.05) is 6.42 Å². The number of hydrogen-bond acceptors (Lipinski definition) is 4. The van der Waals surface area contributed by atoms with Crippen LogP contribution in [0.4, 0.5) is 0 Å². The Morgan fingerprint density at radius 1 is 1.15 bits per heavy atom. The monoisotopic (exact) mass is 290 g/mol. The predicted molar refractivity (Wildman–Crippen MR) is 72.5 cm³/mol. The van der Waals surface area contributed by atoms with E-state index in [0.717, 1.165) is 4.90 Å². The average Bonchev–Trinajstić information content (AvgIpc) is 2.64. The van der Waals surface area contributed by atoms with Gasteiger partial charge in [0.2, 0.25) is 11.8 Å². The zero-order chi connectivity index (χ0) is 14.4. The molecule has 2 aliphatic heterocycles. The molecule has 1 fully saturated rings. The second-order valence-electron chi connectivity index (χ2n) is 4.72. The van der Waals surface area contributed by atoms with Gasteiger partial charge in [-0.25, -0.2) is 0 Å². The molecule has 102 valence electrons. The fraction of sp³-hybridized carbons (Fsp3) is 0.231. The molecule has 0 aliphatic carbocycles. The third-order valence-electron chi connectivity index (χ3n) is 3.50. The van der Waals surface area contributed by atoms with Crippen LogP contribution in [0.3, 0.4) is 0 Å². The predicted octanol–water partition coefficient (Wildman–Crippen LogP) is -0.412. The maximum atomic E-state index is 12.4. The Balaban J connectivity index is 2.00. The highest BCUT2D eigenvalue weighted by molar-refractivity contribution is 7.27. The molecule has 1 aromatic carbocycles. The maximum Gasteiger partial charge on any atom is 0.262 e. The van der Waals surface area contributed by atoms with Gasteiger partial charge in [-0.2, -0.15) is 0 Å². The van der Waals surface area contributed by atoms with Gasteiger partial charge in [-0.05, 0) is 17.8 Å². The molecule has 20 heavy (non-hydrogen) atoms. The van der Waals surface area contributed by atoms with Crippen LogP contribution in [-0.4, -0.2) is 34.6 Å². The largest absolute Gasteiger partial charge is 0.295 e. The molecular formula is C13H11N2O4P. The van der Waals surface area contributed by atoms with E-state index in [1.54, 1.807) is 18.2 Å². The molecule has 0 bridgehead atoms. The van der Waals surface area contributed by atoms with Crippen molar-refractivity contribution in [2.24, 2.45) is 0 Å². The fourth-order valence-electron chi connectivity index (χ4n) is 2.54. The summed E-state index contributed by atoms with van der Waals surface area (Å²) in [4.78, 5) is 48.6. The van der Waals surface area contributed by atoms with E-state index in [2.05, 4.69) is 14.6 Å². The Kier molecular flexibility index (Phi) is 2.91. The quantitative estimate of drug-likeness (QED) is 0.563. The summed E-state index contributed by atoms with van der Waals surface area (Å²) in [6.07, 6.45) is 0.292. The van der Waals surface area contributed by atoms with Gasteiger partial charge in [0.1, 0.15) is 6.04 Å². The van der Waals surface area contributed by atoms with Gasteiger partial charge in [0.25, 0.3) is 11.8 Å². The van der Waals surface area contributed by atoms with Gasteiger partial charge in [0.05, 0.1) is 11.1 Å². The highest BCUT2D eigenvalue weighted by atomic mass is 31.0. The normalized spacial score (nSPS) is 22.1. The van der Waals surface area contributed by atoms with Gasteiger partial charge in [-0.1, -0.05) is 12.1 Å². The molecule has 0 saturated carbocycles. The van der Waals surface area contributed by atoms with Gasteiger partial charge >= 0.3 is 0 Å². The van der Waals surface area contributed by atoms with Crippen LogP contribution in [-0.2, 0) is 9.59 Å². The van der Waals surface area contributed by atoms with Crippen molar-refractivity contribution in [3.63, 3.8) is 0 Å². The average molecular weight is 290 g/mol. The van der Waals surface area contributed by atoms with E-state index in [-0.39, 0.29) is 18.7 Å². The van der Waals surface area contributed by atoms with Gasteiger partial charge in [-0.3, -0.25) is 29.4 Å². The van der Waals surface area contributed by atoms with Gasteiger partial charge in [-0.15, -0.1) is 9.24 Å². The molecule has 4 amide bonds. The van der Waals surface area contributed by atoms with Crippen molar-refractivity contribution in [3.8, 4) is 0 Å². The second kappa shape index (κ2) is 4.49. The van der Waals surface area contributed by atoms with E-state index >= 15 is 0 Å². The first-order chi connectivity index (χ1) is 9.50. The standard InChI is InChI=1S/C13H11N2O4P/c16-9-5-4-7(11(17)14-9)15-12(18)6-2-1-3-8(20)10(6)13(15)19/h1-3,7H,4-5,20H2,(H,14,16,17). The third kappa shape index (κ3) is 1.76. The number of carbonyl (C=O) groups is 4. The highest BCUT2D eigenvalue weighted by Gasteiger charge is 2.45. The Hall–Kier alpha value is -2.07. The topological polar surface area (TPSA) is 83.6 Å². The number of imide groups is 2. The molecule has 6 nitrogen and oxygen atoms in total. The summed E-state index contributed by atoms with van der Waals surface area (Å²) in [7, 11) is 2.41. The molecule has 3 rings (SSSR count). The number of rotatable bonds is 1. The molecular weight excluding hydrogens is 279 g/mol. The molecule has 7 heteroatoms. The third-order valence-corrected chi connectivity index (χ3v) is 3.98. The molecule has 0 radical (unpaired) electrons. The van der Waals surface area contributed by atoms with Crippen molar-refractivity contribution < 1.29 is 19.2 Å². The van der Waals surface area contributed by atoms with Crippen LogP contribution in [0.5, 0.6) is 0 Å². The van der Waals surface area contributed by atoms with Crippen LogP contribution >= 0.6 is 9.24 Å². The molecule has 0 spiro atoms. The number of hydrogen-bond donors (Lipinski definition) is 1. The number of benzene rings is 1. The van der Waals surface area contributed by atoms with Crippen molar-refractivity contribution in [1.82, 2.24) is 10.2 Å². The van der Waals surface area contributed by atoms with Crippen LogP contribution in [0.25, 0.3) is 0 Å². The van der Waals surface area contributed by atoms with Gasteiger partial charge in [0.15, 0.2) is 0 Å². The minimum absolute atomic E-state index is 0.123. The summed E-state index contributed by atoms with van der Waals surface area (Å²) in [5.74, 6) is -1.94. The van der Waals surface area contributed by atoms with E-state index in [1.165, 1.54) is 0 Å². The van der Waals surface area contributed by atoms with Crippen molar-refractivity contribution in [1.29, 1.82) is 0 Å². The number of nitrogens with zero attached hydrogens (tertiary/aromatic N) is 1. The SMILES string of the molecule is O=C1CCC(N2C(=O)c3cccc(P)c3C2=O)C(=O)N1. The molecule has 2 aliphatic rings. The van der Waals surface area contributed by atoms with Crippen LogP contribution < -0.4 is 10.6 Å². The Morgan fingerprint density at radius 3 is 2.55 bits per heavy atom. The number of amides is 4. The first-order valence-electron chi connectivity index (χ1n) is 6.11. The summed E-state index contributed by atoms with van der Waals surface area (Å²) in [6, 6.07) is 4.04. The number of carbonyl (C=O) groups excluding carboxylic acids is 4. The second-order valence-corrected chi connectivity index (χ2v) is 5.34. The minimum atomic E-state index is -0.913. The van der Waals surface area contributed by atoms with Crippen LogP contribution in [0.15, 0.2) is 18.2 Å². The molecule has 2 unspecified atom stereocenters. The van der Waals surface area contributed by atoms with Crippen LogP contribution in [0, 0.1) is 0 Å². The van der Waals surface area contributed by atoms with E-state index in [9.17, 15) is 19.2 Å². The van der Waals surface area contributed by atoms with Crippen molar-refractivity contribution in [3.05, 3.63) is 29.3 Å². The minimum Gasteiger partial charge on any atom is -0.295 e. The van der Waals surface area contributed by atoms with Crippen LogP contribution in [0.2, 0.25) is 0 Å². The lowest BCUT2D eigenvalue weighted by atomic mass is 10.0. The zero-order valence-electron chi connectivity index (χ0n) is 10.4. The lowest BCUT2D eigenvalue weighted by Crippen LogP contribution is -2.54. The Labute approximate surface area is 116 Å². The summed E-state index contributed by atoms with van der Waals surface area (Å²) in [6.45, 7) is 0. The van der Waals surface area contributed by atoms with Gasteiger partial charge < -0.3 is 0 Å². The number of nitrogens with one attached hydrogen (secondary N) is 1. The van der Waals surface area contributed by atoms with E-state index in [4.69, 9.17) is 0 Å². The fourth-order valence-corrected chi connectivity index (χ4v) is 2.93. The molecule has 1 aromatic rings. The molecule has 1 N–H and O–H groups in total. The van der Waals surface area contributed by atoms with Crippen molar-refractivity contribution >= 4 is 38.2 Å². The number of fused-ring (bicyclic) bond motifs is 1. The molecule has 2 atom stereocenters. The van der Waals surface area contributed by atoms with Crippen molar-refractivity contribution in [2.45, 2.75) is 18.9 Å². The van der Waals surface area contributed by atoms with E-state index in [0.29, 0.717) is 16.4 Å². The van der Waals surface area contributed by atoms with E-state index < -0.39 is 23.8 Å². The molecule has 2 heterocycles. The first-order valence-corrected chi connectivity index (χ1v) is 6.68. The van der Waals surface area contributed by atoms with E-state index in [1.807, 2.05) is 0 Å². The summed E-state index contributed by atoms with van der Waals surface area (Å²) >= 11 is 0. The molecule has 1 saturated heterocycles. The summed E-state index contributed by atoms with van der Waals surface area (Å²) in [5.41, 5.74) is 0.611. The van der Waals surface area contributed by atoms with Crippen LogP contribution in [0.1, 0.15) is 33.6 Å².